The highest BCUT2D eigenvalue weighted by molar-refractivity contribution is 7.10. The number of aryl methyl sites for hydroxylation is 1. The van der Waals surface area contributed by atoms with Gasteiger partial charge >= 0.3 is 0 Å². The maximum atomic E-state index is 14.6. The lowest BCUT2D eigenvalue weighted by atomic mass is 9.95. The summed E-state index contributed by atoms with van der Waals surface area (Å²) in [7, 11) is 0. The van der Waals surface area contributed by atoms with Crippen LogP contribution < -0.4 is 10.6 Å². The number of nitrogens with zero attached hydrogens (tertiary/aromatic N) is 1. The van der Waals surface area contributed by atoms with Crippen molar-refractivity contribution in [2.75, 3.05) is 26.2 Å². The predicted octanol–water partition coefficient (Wildman–Crippen LogP) is 4.85. The van der Waals surface area contributed by atoms with E-state index in [9.17, 15) is 23.9 Å². The Labute approximate surface area is 237 Å². The van der Waals surface area contributed by atoms with Gasteiger partial charge in [-0.05, 0) is 85.9 Å². The summed E-state index contributed by atoms with van der Waals surface area (Å²) in [5.74, 6) is -1.28. The van der Waals surface area contributed by atoms with Crippen LogP contribution in [0, 0.1) is 5.82 Å². The summed E-state index contributed by atoms with van der Waals surface area (Å²) in [6.45, 7) is 1.52. The maximum absolute atomic E-state index is 14.6. The van der Waals surface area contributed by atoms with E-state index >= 15 is 0 Å². The number of phenols is 1. The Morgan fingerprint density at radius 3 is 2.58 bits per heavy atom. The van der Waals surface area contributed by atoms with Gasteiger partial charge in [0.05, 0.1) is 11.1 Å². The van der Waals surface area contributed by atoms with Crippen LogP contribution in [0.25, 0.3) is 11.1 Å². The summed E-state index contributed by atoms with van der Waals surface area (Å²) >= 11 is 1.65. The van der Waals surface area contributed by atoms with Crippen LogP contribution in [-0.4, -0.2) is 53.9 Å². The molecule has 0 fully saturated rings. The molecule has 2 aliphatic rings. The van der Waals surface area contributed by atoms with Crippen molar-refractivity contribution in [3.63, 3.8) is 0 Å². The van der Waals surface area contributed by atoms with Gasteiger partial charge in [0.1, 0.15) is 11.6 Å². The number of thiophene rings is 1. The molecule has 3 amide bonds. The zero-order valence-electron chi connectivity index (χ0n) is 22.4. The van der Waals surface area contributed by atoms with Crippen LogP contribution in [0.1, 0.15) is 68.8 Å². The number of nitrogens with one attached hydrogen (secondary N) is 2. The molecule has 1 aromatic heterocycles. The Kier molecular flexibility index (Phi) is 8.79. The maximum Gasteiger partial charge on any atom is 0.254 e. The van der Waals surface area contributed by atoms with E-state index in [2.05, 4.69) is 10.6 Å². The molecule has 0 spiro atoms. The normalized spacial score (nSPS) is 17.1. The lowest BCUT2D eigenvalue weighted by Crippen LogP contribution is -2.36. The number of halogens is 1. The van der Waals surface area contributed by atoms with Crippen molar-refractivity contribution >= 4 is 29.1 Å². The van der Waals surface area contributed by atoms with E-state index in [0.29, 0.717) is 56.4 Å². The molecular weight excluding hydrogens is 529 g/mol. The number of aromatic hydroxyl groups is 1. The van der Waals surface area contributed by atoms with E-state index < -0.39 is 11.7 Å². The number of rotatable bonds is 1. The minimum absolute atomic E-state index is 0.0216. The molecule has 1 aliphatic carbocycles. The van der Waals surface area contributed by atoms with E-state index in [1.165, 1.54) is 23.1 Å². The third kappa shape index (κ3) is 6.36. The molecular formula is C31H34FN3O4S. The summed E-state index contributed by atoms with van der Waals surface area (Å²) in [6, 6.07) is 9.32. The van der Waals surface area contributed by atoms with Crippen molar-refractivity contribution in [2.24, 2.45) is 0 Å². The highest BCUT2D eigenvalue weighted by Crippen LogP contribution is 2.32. The number of benzene rings is 2. The molecule has 210 valence electrons. The highest BCUT2D eigenvalue weighted by atomic mass is 32.1. The molecule has 9 heteroatoms. The largest absolute Gasteiger partial charge is 0.507 e. The fourth-order valence-electron chi connectivity index (χ4n) is 5.43. The van der Waals surface area contributed by atoms with Crippen LogP contribution in [0.2, 0.25) is 0 Å². The molecule has 0 atom stereocenters. The fourth-order valence-corrected chi connectivity index (χ4v) is 6.55. The fraction of sp³-hybridized carbons (Fsp3) is 0.387. The van der Waals surface area contributed by atoms with Crippen molar-refractivity contribution in [1.82, 2.24) is 15.5 Å². The van der Waals surface area contributed by atoms with Crippen LogP contribution in [-0.2, 0) is 24.1 Å². The first-order valence-corrected chi connectivity index (χ1v) is 14.8. The second kappa shape index (κ2) is 12.6. The second-order valence-electron chi connectivity index (χ2n) is 10.4. The Morgan fingerprint density at radius 1 is 0.875 bits per heavy atom. The topological polar surface area (TPSA) is 98.7 Å². The van der Waals surface area contributed by atoms with Gasteiger partial charge in [-0.25, -0.2) is 4.39 Å². The summed E-state index contributed by atoms with van der Waals surface area (Å²) in [6.07, 6.45) is 6.01. The molecule has 0 saturated heterocycles. The van der Waals surface area contributed by atoms with Crippen molar-refractivity contribution in [3.05, 3.63) is 74.7 Å². The summed E-state index contributed by atoms with van der Waals surface area (Å²) < 4.78 is 14.6. The van der Waals surface area contributed by atoms with Gasteiger partial charge in [-0.1, -0.05) is 12.1 Å². The van der Waals surface area contributed by atoms with Gasteiger partial charge in [0, 0.05) is 48.4 Å². The van der Waals surface area contributed by atoms with Gasteiger partial charge in [-0.15, -0.1) is 11.3 Å². The van der Waals surface area contributed by atoms with Gasteiger partial charge in [0.2, 0.25) is 5.91 Å². The summed E-state index contributed by atoms with van der Waals surface area (Å²) in [4.78, 5) is 42.1. The molecule has 0 saturated carbocycles. The second-order valence-corrected chi connectivity index (χ2v) is 11.4. The van der Waals surface area contributed by atoms with Gasteiger partial charge in [0.25, 0.3) is 11.8 Å². The Hall–Kier alpha value is -3.72. The van der Waals surface area contributed by atoms with Crippen LogP contribution in [0.4, 0.5) is 4.39 Å². The molecule has 40 heavy (non-hydrogen) atoms. The monoisotopic (exact) mass is 563 g/mol. The first-order chi connectivity index (χ1) is 19.4. The van der Waals surface area contributed by atoms with E-state index in [0.717, 1.165) is 42.4 Å². The van der Waals surface area contributed by atoms with Gasteiger partial charge in [-0.3, -0.25) is 14.4 Å². The highest BCUT2D eigenvalue weighted by Gasteiger charge is 2.24. The van der Waals surface area contributed by atoms with Crippen molar-refractivity contribution in [3.8, 4) is 16.9 Å². The third-order valence-corrected chi connectivity index (χ3v) is 8.71. The van der Waals surface area contributed by atoms with Crippen LogP contribution in [0.3, 0.4) is 0 Å². The molecule has 0 radical (unpaired) electrons. The number of amides is 3. The number of fused-ring (bicyclic) bond motifs is 6. The van der Waals surface area contributed by atoms with Crippen molar-refractivity contribution < 1.29 is 23.9 Å². The van der Waals surface area contributed by atoms with Gasteiger partial charge in [0.15, 0.2) is 0 Å². The van der Waals surface area contributed by atoms with E-state index in [-0.39, 0.29) is 29.7 Å². The van der Waals surface area contributed by atoms with Crippen molar-refractivity contribution in [2.45, 2.75) is 51.4 Å². The molecule has 2 heterocycles. The number of carbonyl (C=O) groups is 3. The molecule has 3 N–H and O–H groups in total. The Bertz CT molecular complexity index is 1420. The SMILES string of the molecule is O=C1CCCN(C(=O)c2csc3c2CCCC3)CCCNC(=O)c2cc(ccc2F)-c2cc(ccc2O)CCN1. The van der Waals surface area contributed by atoms with Crippen LogP contribution >= 0.6 is 11.3 Å². The average molecular weight is 564 g/mol. The molecule has 1 aliphatic heterocycles. The zero-order chi connectivity index (χ0) is 28.1. The molecule has 7 nitrogen and oxygen atoms in total. The molecule has 3 aromatic rings. The average Bonchev–Trinajstić information content (AvgIpc) is 3.39. The predicted molar refractivity (Wildman–Crippen MR) is 153 cm³/mol. The summed E-state index contributed by atoms with van der Waals surface area (Å²) in [5.41, 5.74) is 3.70. The van der Waals surface area contributed by atoms with Crippen LogP contribution in [0.5, 0.6) is 5.75 Å². The number of hydrogen-bond acceptors (Lipinski definition) is 5. The summed E-state index contributed by atoms with van der Waals surface area (Å²) in [5, 5.41) is 18.1. The quantitative estimate of drug-likeness (QED) is 0.394. The van der Waals surface area contributed by atoms with E-state index in [1.54, 1.807) is 34.4 Å². The minimum Gasteiger partial charge on any atom is -0.507 e. The lowest BCUT2D eigenvalue weighted by Gasteiger charge is -2.24. The van der Waals surface area contributed by atoms with Crippen LogP contribution in [0.15, 0.2) is 41.8 Å². The minimum atomic E-state index is -0.649. The lowest BCUT2D eigenvalue weighted by molar-refractivity contribution is -0.121. The first-order valence-electron chi connectivity index (χ1n) is 14.0. The van der Waals surface area contributed by atoms with E-state index in [1.807, 2.05) is 5.38 Å². The molecule has 0 unspecified atom stereocenters. The zero-order valence-corrected chi connectivity index (χ0v) is 23.2. The van der Waals surface area contributed by atoms with E-state index in [4.69, 9.17) is 0 Å². The Morgan fingerprint density at radius 2 is 1.70 bits per heavy atom. The van der Waals surface area contributed by atoms with Crippen molar-refractivity contribution in [1.29, 1.82) is 0 Å². The van der Waals surface area contributed by atoms with Gasteiger partial charge in [-0.2, -0.15) is 0 Å². The number of carbonyl (C=O) groups excluding carboxylic acids is 3. The molecule has 5 rings (SSSR count). The third-order valence-electron chi connectivity index (χ3n) is 7.62. The van der Waals surface area contributed by atoms with Gasteiger partial charge < -0.3 is 20.6 Å². The number of hydrogen-bond donors (Lipinski definition) is 3. The number of phenolic OH excluding ortho intramolecular Hbond substituents is 1. The molecule has 2 aromatic carbocycles. The standard InChI is InChI=1S/C31H34FN3O4S/c32-26-10-9-21-18-24(26)30(38)34-13-4-16-35(31(39)25-19-40-28-6-2-1-5-22(25)28)15-3-7-29(37)33-14-12-20-8-11-27(36)23(21)17-20/h8-11,17-19,36H,1-7,12-16H2,(H,33,37)(H,34,38). The Balaban J connectivity index is 1.36. The smallest absolute Gasteiger partial charge is 0.254 e. The first kappa shape index (κ1) is 27.8. The molecule has 4 bridgehead atoms.